The Morgan fingerprint density at radius 2 is 2.21 bits per heavy atom. The summed E-state index contributed by atoms with van der Waals surface area (Å²) in [5.74, 6) is 0.121. The lowest BCUT2D eigenvalue weighted by Gasteiger charge is -2.36. The minimum absolute atomic E-state index is 0.0104. The van der Waals surface area contributed by atoms with Gasteiger partial charge in [0, 0.05) is 23.3 Å². The van der Waals surface area contributed by atoms with Gasteiger partial charge in [0.15, 0.2) is 0 Å². The van der Waals surface area contributed by atoms with Crippen molar-refractivity contribution in [2.45, 2.75) is 25.3 Å². The number of halogens is 1. The van der Waals surface area contributed by atoms with Crippen molar-refractivity contribution in [1.82, 2.24) is 14.9 Å². The zero-order chi connectivity index (χ0) is 17.1. The average Bonchev–Trinajstić information content (AvgIpc) is 2.61. The van der Waals surface area contributed by atoms with E-state index in [1.807, 2.05) is 24.3 Å². The van der Waals surface area contributed by atoms with Gasteiger partial charge in [0.1, 0.15) is 0 Å². The number of nitrogens with two attached hydrogens (primary N) is 2. The van der Waals surface area contributed by atoms with E-state index in [1.54, 1.807) is 11.1 Å². The van der Waals surface area contributed by atoms with Crippen molar-refractivity contribution >= 4 is 23.5 Å². The van der Waals surface area contributed by atoms with Crippen LogP contribution in [0.15, 0.2) is 30.5 Å². The minimum atomic E-state index is -0.144. The quantitative estimate of drug-likeness (QED) is 0.890. The van der Waals surface area contributed by atoms with Crippen LogP contribution < -0.4 is 11.5 Å². The summed E-state index contributed by atoms with van der Waals surface area (Å²) in [5.41, 5.74) is 13.9. The molecule has 24 heavy (non-hydrogen) atoms. The number of amides is 1. The van der Waals surface area contributed by atoms with Crippen LogP contribution in [0.3, 0.4) is 0 Å². The summed E-state index contributed by atoms with van der Waals surface area (Å²) in [5, 5.41) is 0.633. The first kappa shape index (κ1) is 16.7. The highest BCUT2D eigenvalue weighted by molar-refractivity contribution is 6.30. The largest absolute Gasteiger partial charge is 0.368 e. The molecule has 1 amide bonds. The Hall–Kier alpha value is -2.18. The molecule has 4 N–H and O–H groups in total. The normalized spacial score (nSPS) is 17.8. The number of hydrogen-bond acceptors (Lipinski definition) is 5. The summed E-state index contributed by atoms with van der Waals surface area (Å²) >= 11 is 6.12. The predicted octanol–water partition coefficient (Wildman–Crippen LogP) is 2.39. The average molecular weight is 346 g/mol. The number of piperidine rings is 1. The molecule has 7 heteroatoms. The van der Waals surface area contributed by atoms with Gasteiger partial charge >= 0.3 is 0 Å². The van der Waals surface area contributed by atoms with Crippen molar-refractivity contribution in [2.24, 2.45) is 5.73 Å². The molecule has 0 spiro atoms. The van der Waals surface area contributed by atoms with E-state index in [-0.39, 0.29) is 24.4 Å². The third kappa shape index (κ3) is 3.34. The van der Waals surface area contributed by atoms with Gasteiger partial charge in [-0.05, 0) is 37.0 Å². The van der Waals surface area contributed by atoms with Crippen LogP contribution in [0.4, 0.5) is 5.95 Å². The lowest BCUT2D eigenvalue weighted by Crippen LogP contribution is -2.42. The topological polar surface area (TPSA) is 98.1 Å². The number of rotatable bonds is 3. The number of benzene rings is 1. The van der Waals surface area contributed by atoms with Crippen LogP contribution >= 0.6 is 11.6 Å². The minimum Gasteiger partial charge on any atom is -0.368 e. The maximum absolute atomic E-state index is 12.2. The van der Waals surface area contributed by atoms with E-state index in [4.69, 9.17) is 23.1 Å². The third-order valence-corrected chi connectivity index (χ3v) is 4.52. The van der Waals surface area contributed by atoms with Crippen LogP contribution in [0, 0.1) is 0 Å². The fourth-order valence-electron chi connectivity index (χ4n) is 3.17. The van der Waals surface area contributed by atoms with Gasteiger partial charge < -0.3 is 16.4 Å². The van der Waals surface area contributed by atoms with Gasteiger partial charge in [-0.15, -0.1) is 0 Å². The molecule has 0 radical (unpaired) electrons. The molecule has 126 valence electrons. The molecule has 2 heterocycles. The molecule has 1 fully saturated rings. The van der Waals surface area contributed by atoms with Gasteiger partial charge in [0.25, 0.3) is 0 Å². The van der Waals surface area contributed by atoms with Gasteiger partial charge in [-0.3, -0.25) is 4.79 Å². The van der Waals surface area contributed by atoms with Gasteiger partial charge in [-0.25, -0.2) is 9.97 Å². The molecule has 0 saturated carbocycles. The monoisotopic (exact) mass is 345 g/mol. The molecule has 0 unspecified atom stereocenters. The van der Waals surface area contributed by atoms with Crippen molar-refractivity contribution < 1.29 is 4.79 Å². The second kappa shape index (κ2) is 7.15. The molecule has 1 aliphatic rings. The van der Waals surface area contributed by atoms with Gasteiger partial charge in [-0.2, -0.15) is 0 Å². The number of carbonyl (C=O) groups excluding carboxylic acids is 1. The van der Waals surface area contributed by atoms with Crippen molar-refractivity contribution in [3.8, 4) is 11.1 Å². The Bertz CT molecular complexity index is 752. The summed E-state index contributed by atoms with van der Waals surface area (Å²) in [6.07, 6.45) is 4.52. The SMILES string of the molecule is NCC(=O)N1CCCC[C@H]1c1nc(N)ncc1-c1cccc(Cl)c1. The van der Waals surface area contributed by atoms with Crippen LogP contribution in [-0.4, -0.2) is 33.9 Å². The van der Waals surface area contributed by atoms with Crippen LogP contribution in [0.2, 0.25) is 5.02 Å². The van der Waals surface area contributed by atoms with E-state index >= 15 is 0 Å². The van der Waals surface area contributed by atoms with E-state index in [0.717, 1.165) is 36.1 Å². The Morgan fingerprint density at radius 3 is 2.96 bits per heavy atom. The molecule has 1 atom stereocenters. The predicted molar refractivity (Wildman–Crippen MR) is 94.2 cm³/mol. The third-order valence-electron chi connectivity index (χ3n) is 4.29. The van der Waals surface area contributed by atoms with E-state index in [9.17, 15) is 4.79 Å². The van der Waals surface area contributed by atoms with Gasteiger partial charge in [-0.1, -0.05) is 23.7 Å². The first-order valence-electron chi connectivity index (χ1n) is 7.98. The highest BCUT2D eigenvalue weighted by atomic mass is 35.5. The zero-order valence-corrected chi connectivity index (χ0v) is 14.0. The van der Waals surface area contributed by atoms with Crippen molar-refractivity contribution in [2.75, 3.05) is 18.8 Å². The maximum atomic E-state index is 12.2. The molecule has 1 saturated heterocycles. The summed E-state index contributed by atoms with van der Waals surface area (Å²) in [7, 11) is 0. The fraction of sp³-hybridized carbons (Fsp3) is 0.353. The second-order valence-electron chi connectivity index (χ2n) is 5.84. The summed E-state index contributed by atoms with van der Waals surface area (Å²) in [6.45, 7) is 0.670. The fourth-order valence-corrected chi connectivity index (χ4v) is 3.36. The molecular weight excluding hydrogens is 326 g/mol. The standard InChI is InChI=1S/C17H20ClN5O/c18-12-5-3-4-11(8-12)13-10-21-17(20)22-16(13)14-6-1-2-7-23(14)15(24)9-19/h3-5,8,10,14H,1-2,6-7,9,19H2,(H2,20,21,22)/t14-/m0/s1. The summed E-state index contributed by atoms with van der Waals surface area (Å²) in [6, 6.07) is 7.35. The number of aromatic nitrogens is 2. The number of carbonyl (C=O) groups is 1. The second-order valence-corrected chi connectivity index (χ2v) is 6.28. The Balaban J connectivity index is 2.08. The summed E-state index contributed by atoms with van der Waals surface area (Å²) in [4.78, 5) is 22.6. The van der Waals surface area contributed by atoms with Crippen LogP contribution in [0.5, 0.6) is 0 Å². The van der Waals surface area contributed by atoms with E-state index in [2.05, 4.69) is 9.97 Å². The van der Waals surface area contributed by atoms with Crippen molar-refractivity contribution in [3.05, 3.63) is 41.2 Å². The Kier molecular flexibility index (Phi) is 4.97. The van der Waals surface area contributed by atoms with Crippen molar-refractivity contribution in [1.29, 1.82) is 0 Å². The molecule has 1 aliphatic heterocycles. The van der Waals surface area contributed by atoms with E-state index < -0.39 is 0 Å². The molecule has 2 aromatic rings. The highest BCUT2D eigenvalue weighted by Gasteiger charge is 2.30. The highest BCUT2D eigenvalue weighted by Crippen LogP contribution is 2.36. The van der Waals surface area contributed by atoms with Crippen LogP contribution in [-0.2, 0) is 4.79 Å². The molecule has 6 nitrogen and oxygen atoms in total. The van der Waals surface area contributed by atoms with Gasteiger partial charge in [0.05, 0.1) is 18.3 Å². The molecular formula is C17H20ClN5O. The number of likely N-dealkylation sites (tertiary alicyclic amines) is 1. The number of anilines is 1. The molecule has 0 aliphatic carbocycles. The number of nitrogen functional groups attached to an aromatic ring is 1. The maximum Gasteiger partial charge on any atom is 0.236 e. The Morgan fingerprint density at radius 1 is 1.38 bits per heavy atom. The first-order valence-corrected chi connectivity index (χ1v) is 8.36. The van der Waals surface area contributed by atoms with Crippen molar-refractivity contribution in [3.63, 3.8) is 0 Å². The first-order chi connectivity index (χ1) is 11.6. The number of nitrogens with zero attached hydrogens (tertiary/aromatic N) is 3. The van der Waals surface area contributed by atoms with Gasteiger partial charge in [0.2, 0.25) is 11.9 Å². The summed E-state index contributed by atoms with van der Waals surface area (Å²) < 4.78 is 0. The lowest BCUT2D eigenvalue weighted by molar-refractivity contribution is -0.133. The number of hydrogen-bond donors (Lipinski definition) is 2. The molecule has 1 aromatic carbocycles. The lowest BCUT2D eigenvalue weighted by atomic mass is 9.93. The van der Waals surface area contributed by atoms with E-state index in [0.29, 0.717) is 11.6 Å². The molecule has 3 rings (SSSR count). The molecule has 1 aromatic heterocycles. The Labute approximate surface area is 145 Å². The van der Waals surface area contributed by atoms with Crippen LogP contribution in [0.25, 0.3) is 11.1 Å². The smallest absolute Gasteiger partial charge is 0.236 e. The van der Waals surface area contributed by atoms with Crippen LogP contribution in [0.1, 0.15) is 31.0 Å². The molecule has 0 bridgehead atoms. The zero-order valence-electron chi connectivity index (χ0n) is 13.3. The van der Waals surface area contributed by atoms with E-state index in [1.165, 1.54) is 0 Å².